The number of rotatable bonds is 5. The second-order valence-electron chi connectivity index (χ2n) is 2.88. The fourth-order valence-electron chi connectivity index (χ4n) is 1.03. The zero-order valence-corrected chi connectivity index (χ0v) is 8.31. The number of carbonyl (C=O) groups excluding carboxylic acids is 1. The lowest BCUT2D eigenvalue weighted by Gasteiger charge is -2.03. The molecule has 1 aromatic rings. The van der Waals surface area contributed by atoms with E-state index in [0.29, 0.717) is 13.1 Å². The Balaban J connectivity index is 2.58. The van der Waals surface area contributed by atoms with Crippen LogP contribution in [0.2, 0.25) is 0 Å². The van der Waals surface area contributed by atoms with Gasteiger partial charge in [0.2, 0.25) is 0 Å². The van der Waals surface area contributed by atoms with Crippen LogP contribution in [0.25, 0.3) is 0 Å². The van der Waals surface area contributed by atoms with E-state index in [1.54, 1.807) is 12.1 Å². The topological polar surface area (TPSA) is 94.0 Å². The van der Waals surface area contributed by atoms with Crippen molar-refractivity contribution in [2.24, 2.45) is 11.5 Å². The summed E-state index contributed by atoms with van der Waals surface area (Å²) in [5.41, 5.74) is 11.4. The highest BCUT2D eigenvalue weighted by Gasteiger charge is 2.01. The Hall–Kier alpha value is -1.88. The SMILES string of the molecule is NC/C=C/CNc1ccnc(C(N)=O)c1. The van der Waals surface area contributed by atoms with E-state index in [1.165, 1.54) is 6.20 Å². The summed E-state index contributed by atoms with van der Waals surface area (Å²) < 4.78 is 0. The molecule has 1 rings (SSSR count). The molecule has 0 unspecified atom stereocenters. The van der Waals surface area contributed by atoms with Crippen molar-refractivity contribution in [2.75, 3.05) is 18.4 Å². The average Bonchev–Trinajstić information content (AvgIpc) is 2.25. The number of anilines is 1. The van der Waals surface area contributed by atoms with Crippen molar-refractivity contribution in [3.05, 3.63) is 36.2 Å². The van der Waals surface area contributed by atoms with Gasteiger partial charge in [0.1, 0.15) is 5.69 Å². The van der Waals surface area contributed by atoms with Crippen molar-refractivity contribution >= 4 is 11.6 Å². The molecule has 0 radical (unpaired) electrons. The first kappa shape index (κ1) is 11.2. The molecule has 0 aliphatic heterocycles. The zero-order chi connectivity index (χ0) is 11.1. The third kappa shape index (κ3) is 3.78. The predicted molar refractivity (Wildman–Crippen MR) is 59.4 cm³/mol. The van der Waals surface area contributed by atoms with E-state index in [-0.39, 0.29) is 5.69 Å². The third-order valence-corrected chi connectivity index (χ3v) is 1.74. The molecule has 0 atom stereocenters. The molecular formula is C10H14N4O. The van der Waals surface area contributed by atoms with E-state index in [1.807, 2.05) is 12.2 Å². The van der Waals surface area contributed by atoms with Gasteiger partial charge in [-0.05, 0) is 12.1 Å². The number of nitrogens with two attached hydrogens (primary N) is 2. The van der Waals surface area contributed by atoms with Crippen LogP contribution in [-0.4, -0.2) is 24.0 Å². The first-order chi connectivity index (χ1) is 7.24. The smallest absolute Gasteiger partial charge is 0.267 e. The van der Waals surface area contributed by atoms with Crippen LogP contribution in [0.4, 0.5) is 5.69 Å². The summed E-state index contributed by atoms with van der Waals surface area (Å²) in [4.78, 5) is 14.7. The van der Waals surface area contributed by atoms with Gasteiger partial charge in [0, 0.05) is 25.0 Å². The fourth-order valence-corrected chi connectivity index (χ4v) is 1.03. The summed E-state index contributed by atoms with van der Waals surface area (Å²) in [6, 6.07) is 3.38. The van der Waals surface area contributed by atoms with Gasteiger partial charge < -0.3 is 16.8 Å². The van der Waals surface area contributed by atoms with Gasteiger partial charge in [0.25, 0.3) is 5.91 Å². The highest BCUT2D eigenvalue weighted by molar-refractivity contribution is 5.91. The molecule has 0 aromatic carbocycles. The summed E-state index contributed by atoms with van der Waals surface area (Å²) >= 11 is 0. The zero-order valence-electron chi connectivity index (χ0n) is 8.31. The van der Waals surface area contributed by atoms with Crippen LogP contribution in [0.3, 0.4) is 0 Å². The fraction of sp³-hybridized carbons (Fsp3) is 0.200. The molecule has 0 spiro atoms. The minimum absolute atomic E-state index is 0.253. The molecule has 80 valence electrons. The number of pyridine rings is 1. The Kier molecular flexibility index (Phi) is 4.30. The molecule has 5 heteroatoms. The number of aromatic nitrogens is 1. The first-order valence-electron chi connectivity index (χ1n) is 4.59. The Labute approximate surface area is 88.2 Å². The van der Waals surface area contributed by atoms with Gasteiger partial charge in [-0.15, -0.1) is 0 Å². The van der Waals surface area contributed by atoms with E-state index < -0.39 is 5.91 Å². The number of hydrogen-bond donors (Lipinski definition) is 3. The summed E-state index contributed by atoms with van der Waals surface area (Å²) in [5.74, 6) is -0.531. The van der Waals surface area contributed by atoms with Crippen LogP contribution in [-0.2, 0) is 0 Å². The van der Waals surface area contributed by atoms with Gasteiger partial charge in [0.15, 0.2) is 0 Å². The van der Waals surface area contributed by atoms with E-state index in [9.17, 15) is 4.79 Å². The molecule has 0 aliphatic carbocycles. The second-order valence-corrected chi connectivity index (χ2v) is 2.88. The molecule has 5 N–H and O–H groups in total. The Morgan fingerprint density at radius 1 is 1.53 bits per heavy atom. The van der Waals surface area contributed by atoms with Crippen molar-refractivity contribution in [2.45, 2.75) is 0 Å². The molecule has 15 heavy (non-hydrogen) atoms. The van der Waals surface area contributed by atoms with Gasteiger partial charge in [0.05, 0.1) is 0 Å². The van der Waals surface area contributed by atoms with Crippen molar-refractivity contribution in [1.29, 1.82) is 0 Å². The molecule has 1 heterocycles. The van der Waals surface area contributed by atoms with Crippen LogP contribution in [0.1, 0.15) is 10.5 Å². The molecule has 0 fully saturated rings. The lowest BCUT2D eigenvalue weighted by atomic mass is 10.3. The Morgan fingerprint density at radius 3 is 3.00 bits per heavy atom. The number of hydrogen-bond acceptors (Lipinski definition) is 4. The number of carbonyl (C=O) groups is 1. The highest BCUT2D eigenvalue weighted by Crippen LogP contribution is 2.06. The van der Waals surface area contributed by atoms with Gasteiger partial charge in [-0.1, -0.05) is 12.2 Å². The monoisotopic (exact) mass is 206 g/mol. The minimum Gasteiger partial charge on any atom is -0.381 e. The summed E-state index contributed by atoms with van der Waals surface area (Å²) in [6.45, 7) is 1.17. The molecule has 1 amide bonds. The largest absolute Gasteiger partial charge is 0.381 e. The quantitative estimate of drug-likeness (QED) is 0.596. The summed E-state index contributed by atoms with van der Waals surface area (Å²) in [5, 5.41) is 3.08. The number of nitrogens with zero attached hydrogens (tertiary/aromatic N) is 1. The van der Waals surface area contributed by atoms with Gasteiger partial charge in [-0.25, -0.2) is 0 Å². The van der Waals surface area contributed by atoms with Crippen molar-refractivity contribution in [3.8, 4) is 0 Å². The molecule has 0 aliphatic rings. The van der Waals surface area contributed by atoms with Crippen LogP contribution >= 0.6 is 0 Å². The normalized spacial score (nSPS) is 10.5. The average molecular weight is 206 g/mol. The number of amides is 1. The third-order valence-electron chi connectivity index (χ3n) is 1.74. The van der Waals surface area contributed by atoms with E-state index in [4.69, 9.17) is 11.5 Å². The van der Waals surface area contributed by atoms with Gasteiger partial charge in [-0.3, -0.25) is 9.78 Å². The number of primary amides is 1. The summed E-state index contributed by atoms with van der Waals surface area (Å²) in [7, 11) is 0. The maximum atomic E-state index is 10.8. The van der Waals surface area contributed by atoms with E-state index in [0.717, 1.165) is 5.69 Å². The standard InChI is InChI=1S/C10H14N4O/c11-4-1-2-5-13-8-3-6-14-9(7-8)10(12)15/h1-3,6-7H,4-5,11H2,(H2,12,15)(H,13,14)/b2-1+. The van der Waals surface area contributed by atoms with Crippen molar-refractivity contribution in [1.82, 2.24) is 4.98 Å². The molecule has 5 nitrogen and oxygen atoms in total. The van der Waals surface area contributed by atoms with Crippen LogP contribution < -0.4 is 16.8 Å². The van der Waals surface area contributed by atoms with Crippen LogP contribution in [0.5, 0.6) is 0 Å². The van der Waals surface area contributed by atoms with E-state index >= 15 is 0 Å². The first-order valence-corrected chi connectivity index (χ1v) is 4.59. The maximum absolute atomic E-state index is 10.8. The molecule has 0 saturated carbocycles. The van der Waals surface area contributed by atoms with Crippen molar-refractivity contribution in [3.63, 3.8) is 0 Å². The van der Waals surface area contributed by atoms with Gasteiger partial charge in [-0.2, -0.15) is 0 Å². The molecular weight excluding hydrogens is 192 g/mol. The van der Waals surface area contributed by atoms with Gasteiger partial charge >= 0.3 is 0 Å². The number of nitrogens with one attached hydrogen (secondary N) is 1. The van der Waals surface area contributed by atoms with Crippen LogP contribution in [0, 0.1) is 0 Å². The Bertz CT molecular complexity index is 362. The highest BCUT2D eigenvalue weighted by atomic mass is 16.1. The minimum atomic E-state index is -0.531. The maximum Gasteiger partial charge on any atom is 0.267 e. The molecule has 0 saturated heterocycles. The lowest BCUT2D eigenvalue weighted by molar-refractivity contribution is 0.0995. The Morgan fingerprint density at radius 2 is 2.33 bits per heavy atom. The summed E-state index contributed by atoms with van der Waals surface area (Å²) in [6.07, 6.45) is 5.29. The van der Waals surface area contributed by atoms with E-state index in [2.05, 4.69) is 10.3 Å². The molecule has 0 bridgehead atoms. The lowest BCUT2D eigenvalue weighted by Crippen LogP contribution is -2.13. The predicted octanol–water partition coefficient (Wildman–Crippen LogP) is 0.107. The van der Waals surface area contributed by atoms with Crippen molar-refractivity contribution < 1.29 is 4.79 Å². The molecule has 1 aromatic heterocycles. The second kappa shape index (κ2) is 5.77. The van der Waals surface area contributed by atoms with Crippen LogP contribution in [0.15, 0.2) is 30.5 Å².